The van der Waals surface area contributed by atoms with Gasteiger partial charge < -0.3 is 5.11 Å². The maximum Gasteiger partial charge on any atom is 0.335 e. The second-order valence-electron chi connectivity index (χ2n) is 3.27. The molecular weight excluding hydrogens is 234 g/mol. The molecule has 0 bridgehead atoms. The molecule has 0 radical (unpaired) electrons. The second kappa shape index (κ2) is 6.80. The van der Waals surface area contributed by atoms with E-state index in [1.165, 1.54) is 18.2 Å². The molecule has 0 atom stereocenters. The van der Waals surface area contributed by atoms with Crippen molar-refractivity contribution in [1.29, 1.82) is 0 Å². The first-order chi connectivity index (χ1) is 8.61. The Morgan fingerprint density at radius 1 is 1.00 bits per heavy atom. The molecule has 0 aromatic heterocycles. The van der Waals surface area contributed by atoms with E-state index in [-0.39, 0.29) is 11.3 Å². The lowest BCUT2D eigenvalue weighted by Gasteiger charge is -1.92. The molecule has 0 saturated carbocycles. The fourth-order valence-corrected chi connectivity index (χ4v) is 1.14. The Hall–Kier alpha value is -2.69. The van der Waals surface area contributed by atoms with Crippen molar-refractivity contribution in [3.8, 4) is 0 Å². The van der Waals surface area contributed by atoms with Crippen molar-refractivity contribution < 1.29 is 14.8 Å². The summed E-state index contributed by atoms with van der Waals surface area (Å²) < 4.78 is 0. The third-order valence-corrected chi connectivity index (χ3v) is 1.97. The summed E-state index contributed by atoms with van der Waals surface area (Å²) in [4.78, 5) is 19.9. The number of carbonyl (C=O) groups is 1. The van der Waals surface area contributed by atoms with Crippen LogP contribution in [0.4, 0.5) is 5.69 Å². The largest absolute Gasteiger partial charge is 0.478 e. The number of non-ortho nitro benzene ring substituents is 1. The quantitative estimate of drug-likeness (QED) is 0.651. The van der Waals surface area contributed by atoms with Gasteiger partial charge in [0.05, 0.1) is 10.5 Å². The number of carboxylic acid groups (broad SMARTS) is 1. The minimum atomic E-state index is -1.17. The van der Waals surface area contributed by atoms with Gasteiger partial charge in [0, 0.05) is 12.1 Å². The zero-order valence-electron chi connectivity index (χ0n) is 9.39. The molecule has 1 N–H and O–H groups in total. The Morgan fingerprint density at radius 2 is 1.50 bits per heavy atom. The maximum atomic E-state index is 10.4. The van der Waals surface area contributed by atoms with Gasteiger partial charge in [-0.1, -0.05) is 42.5 Å². The zero-order chi connectivity index (χ0) is 13.4. The molecule has 0 aliphatic heterocycles. The van der Waals surface area contributed by atoms with Gasteiger partial charge in [-0.05, 0) is 6.07 Å². The summed E-state index contributed by atoms with van der Waals surface area (Å²) in [6.45, 7) is 0. The standard InChI is InChI=1S/C7H5NO4.C6H6/c9-7(10)5-2-1-3-6(4-5)8(11)12;1-2-4-6-5-3-1/h1-4H,(H,9,10);1-6H. The Kier molecular flexibility index (Phi) is 5.05. The minimum Gasteiger partial charge on any atom is -0.478 e. The monoisotopic (exact) mass is 245 g/mol. The van der Waals surface area contributed by atoms with Gasteiger partial charge in [-0.25, -0.2) is 4.79 Å². The molecule has 0 saturated heterocycles. The van der Waals surface area contributed by atoms with Crippen LogP contribution in [0.5, 0.6) is 0 Å². The summed E-state index contributed by atoms with van der Waals surface area (Å²) in [6.07, 6.45) is 0. The van der Waals surface area contributed by atoms with Gasteiger partial charge in [0.15, 0.2) is 0 Å². The van der Waals surface area contributed by atoms with Crippen LogP contribution in [0.15, 0.2) is 60.7 Å². The number of hydrogen-bond donors (Lipinski definition) is 1. The average molecular weight is 245 g/mol. The predicted molar refractivity (Wildman–Crippen MR) is 66.5 cm³/mol. The molecule has 2 aromatic carbocycles. The first-order valence-corrected chi connectivity index (χ1v) is 5.09. The summed E-state index contributed by atoms with van der Waals surface area (Å²) in [5, 5.41) is 18.7. The molecule has 5 nitrogen and oxygen atoms in total. The Morgan fingerprint density at radius 3 is 1.89 bits per heavy atom. The van der Waals surface area contributed by atoms with E-state index in [1.54, 1.807) is 0 Å². The molecule has 5 heteroatoms. The third kappa shape index (κ3) is 4.44. The molecule has 0 aliphatic rings. The van der Waals surface area contributed by atoms with Gasteiger partial charge in [-0.3, -0.25) is 10.1 Å². The first-order valence-electron chi connectivity index (χ1n) is 5.09. The highest BCUT2D eigenvalue weighted by Gasteiger charge is 2.09. The van der Waals surface area contributed by atoms with E-state index in [0.717, 1.165) is 6.07 Å². The van der Waals surface area contributed by atoms with Gasteiger partial charge in [0.2, 0.25) is 0 Å². The van der Waals surface area contributed by atoms with Crippen molar-refractivity contribution in [3.05, 3.63) is 76.3 Å². The summed E-state index contributed by atoms with van der Waals surface area (Å²) in [5.41, 5.74) is -0.292. The van der Waals surface area contributed by atoms with E-state index in [0.29, 0.717) is 0 Å². The number of nitro benzene ring substituents is 1. The van der Waals surface area contributed by atoms with Crippen molar-refractivity contribution >= 4 is 11.7 Å². The maximum absolute atomic E-state index is 10.4. The molecule has 92 valence electrons. The van der Waals surface area contributed by atoms with Gasteiger partial charge in [-0.15, -0.1) is 0 Å². The van der Waals surface area contributed by atoms with Crippen LogP contribution >= 0.6 is 0 Å². The van der Waals surface area contributed by atoms with Crippen LogP contribution in [0.1, 0.15) is 10.4 Å². The number of rotatable bonds is 2. The molecule has 18 heavy (non-hydrogen) atoms. The fraction of sp³-hybridized carbons (Fsp3) is 0. The van der Waals surface area contributed by atoms with Crippen LogP contribution in [0, 0.1) is 10.1 Å². The summed E-state index contributed by atoms with van der Waals surface area (Å²) in [7, 11) is 0. The van der Waals surface area contributed by atoms with Crippen LogP contribution in [0.3, 0.4) is 0 Å². The minimum absolute atomic E-state index is 0.0794. The van der Waals surface area contributed by atoms with Crippen molar-refractivity contribution in [2.45, 2.75) is 0 Å². The van der Waals surface area contributed by atoms with Gasteiger partial charge in [0.25, 0.3) is 5.69 Å². The van der Waals surface area contributed by atoms with Crippen LogP contribution < -0.4 is 0 Å². The van der Waals surface area contributed by atoms with Crippen LogP contribution in [0.25, 0.3) is 0 Å². The predicted octanol–water partition coefficient (Wildman–Crippen LogP) is 2.98. The number of hydrogen-bond acceptors (Lipinski definition) is 3. The van der Waals surface area contributed by atoms with Gasteiger partial charge in [0.1, 0.15) is 0 Å². The van der Waals surface area contributed by atoms with Gasteiger partial charge >= 0.3 is 5.97 Å². The van der Waals surface area contributed by atoms with Crippen LogP contribution in [0.2, 0.25) is 0 Å². The van der Waals surface area contributed by atoms with E-state index >= 15 is 0 Å². The number of aromatic carboxylic acids is 1. The highest BCUT2D eigenvalue weighted by Crippen LogP contribution is 2.12. The fourth-order valence-electron chi connectivity index (χ4n) is 1.14. The molecule has 0 amide bonds. The Balaban J connectivity index is 0.000000225. The molecular formula is C13H11NO4. The van der Waals surface area contributed by atoms with E-state index in [4.69, 9.17) is 5.11 Å². The molecule has 0 fully saturated rings. The molecule has 0 heterocycles. The molecule has 0 spiro atoms. The zero-order valence-corrected chi connectivity index (χ0v) is 9.39. The molecule has 0 unspecified atom stereocenters. The summed E-state index contributed by atoms with van der Waals surface area (Å²) in [5.74, 6) is -1.17. The smallest absolute Gasteiger partial charge is 0.335 e. The summed E-state index contributed by atoms with van der Waals surface area (Å²) in [6, 6.07) is 16.9. The normalized spacial score (nSPS) is 8.89. The topological polar surface area (TPSA) is 80.4 Å². The Labute approximate surface area is 103 Å². The van der Waals surface area contributed by atoms with Crippen molar-refractivity contribution in [1.82, 2.24) is 0 Å². The van der Waals surface area contributed by atoms with Crippen LogP contribution in [-0.4, -0.2) is 16.0 Å². The average Bonchev–Trinajstić information content (AvgIpc) is 2.41. The number of nitrogens with zero attached hydrogens (tertiary/aromatic N) is 1. The highest BCUT2D eigenvalue weighted by atomic mass is 16.6. The molecule has 2 rings (SSSR count). The molecule has 0 aliphatic carbocycles. The number of benzene rings is 2. The van der Waals surface area contributed by atoms with Crippen molar-refractivity contribution in [2.24, 2.45) is 0 Å². The summed E-state index contributed by atoms with van der Waals surface area (Å²) >= 11 is 0. The van der Waals surface area contributed by atoms with E-state index < -0.39 is 10.9 Å². The van der Waals surface area contributed by atoms with E-state index in [9.17, 15) is 14.9 Å². The second-order valence-corrected chi connectivity index (χ2v) is 3.27. The van der Waals surface area contributed by atoms with E-state index in [2.05, 4.69) is 0 Å². The lowest BCUT2D eigenvalue weighted by atomic mass is 10.2. The molecule has 2 aromatic rings. The van der Waals surface area contributed by atoms with Crippen LogP contribution in [-0.2, 0) is 0 Å². The number of carboxylic acids is 1. The SMILES string of the molecule is O=C(O)c1cccc([N+](=O)[O-])c1.c1ccccc1. The number of nitro groups is 1. The van der Waals surface area contributed by atoms with Crippen molar-refractivity contribution in [3.63, 3.8) is 0 Å². The Bertz CT molecular complexity index is 470. The van der Waals surface area contributed by atoms with Gasteiger partial charge in [-0.2, -0.15) is 0 Å². The van der Waals surface area contributed by atoms with E-state index in [1.807, 2.05) is 36.4 Å². The van der Waals surface area contributed by atoms with Crippen molar-refractivity contribution in [2.75, 3.05) is 0 Å². The lowest BCUT2D eigenvalue weighted by molar-refractivity contribution is -0.384. The first kappa shape index (κ1) is 13.4. The lowest BCUT2D eigenvalue weighted by Crippen LogP contribution is -1.97. The highest BCUT2D eigenvalue weighted by molar-refractivity contribution is 5.88. The third-order valence-electron chi connectivity index (χ3n) is 1.97.